The second-order valence-corrected chi connectivity index (χ2v) is 8.85. The van der Waals surface area contributed by atoms with Crippen LogP contribution in [-0.2, 0) is 7.05 Å². The van der Waals surface area contributed by atoms with Gasteiger partial charge in [-0.3, -0.25) is 14.3 Å². The molecule has 186 valence electrons. The number of urea groups is 1. The minimum Gasteiger partial charge on any atom is -0.353 e. The molecule has 0 spiro atoms. The van der Waals surface area contributed by atoms with Gasteiger partial charge in [0.25, 0.3) is 11.5 Å². The van der Waals surface area contributed by atoms with Gasteiger partial charge < -0.3 is 21.3 Å². The van der Waals surface area contributed by atoms with Crippen molar-refractivity contribution < 1.29 is 9.59 Å². The number of para-hydroxylation sites is 1. The number of carbonyl (C=O) groups is 2. The van der Waals surface area contributed by atoms with Crippen molar-refractivity contribution in [2.45, 2.75) is 13.0 Å². The third kappa shape index (κ3) is 4.17. The lowest BCUT2D eigenvalue weighted by Gasteiger charge is -2.19. The van der Waals surface area contributed by atoms with Gasteiger partial charge in [0, 0.05) is 45.0 Å². The molecule has 5 rings (SSSR count). The summed E-state index contributed by atoms with van der Waals surface area (Å²) >= 11 is 0. The summed E-state index contributed by atoms with van der Waals surface area (Å²) in [5.74, 6) is 0.0995. The molecule has 0 saturated carbocycles. The van der Waals surface area contributed by atoms with Crippen LogP contribution in [0.4, 0.5) is 10.6 Å². The Morgan fingerprint density at radius 2 is 1.92 bits per heavy atom. The smallest absolute Gasteiger partial charge is 0.312 e. The van der Waals surface area contributed by atoms with Crippen LogP contribution >= 0.6 is 0 Å². The van der Waals surface area contributed by atoms with Crippen LogP contribution in [0, 0.1) is 12.8 Å². The first-order chi connectivity index (χ1) is 17.3. The van der Waals surface area contributed by atoms with E-state index in [2.05, 4.69) is 20.7 Å². The standard InChI is InChI=1S/C24H27N9O3/c1-15-21(23(35)33(30(15)2)17-6-4-3-5-7-17)22(34)28-18-14-31(13-16(18)12-27-24(25)36)20-9-8-19-26-10-11-32(19)29-20/h3-11,16,18H,12-14H2,1-2H3,(H,28,34)(H3,25,27,36)/t16-,18-/m1/s1. The molecule has 1 aromatic carbocycles. The summed E-state index contributed by atoms with van der Waals surface area (Å²) in [6.07, 6.45) is 3.43. The van der Waals surface area contributed by atoms with Gasteiger partial charge >= 0.3 is 6.03 Å². The van der Waals surface area contributed by atoms with Gasteiger partial charge in [-0.15, -0.1) is 5.10 Å². The molecule has 1 saturated heterocycles. The van der Waals surface area contributed by atoms with Crippen molar-refractivity contribution >= 4 is 23.4 Å². The topological polar surface area (TPSA) is 145 Å². The fraction of sp³-hybridized carbons (Fsp3) is 0.292. The second-order valence-electron chi connectivity index (χ2n) is 8.85. The lowest BCUT2D eigenvalue weighted by molar-refractivity contribution is 0.0930. The Labute approximate surface area is 206 Å². The van der Waals surface area contributed by atoms with Crippen molar-refractivity contribution in [1.82, 2.24) is 34.6 Å². The molecule has 0 unspecified atom stereocenters. The number of nitrogens with two attached hydrogens (primary N) is 1. The number of benzene rings is 1. The maximum Gasteiger partial charge on any atom is 0.312 e. The van der Waals surface area contributed by atoms with E-state index < -0.39 is 17.5 Å². The predicted octanol–water partition coefficient (Wildman–Crippen LogP) is 0.430. The molecule has 12 nitrogen and oxygen atoms in total. The fourth-order valence-electron chi connectivity index (χ4n) is 4.70. The fourth-order valence-corrected chi connectivity index (χ4v) is 4.70. The Bertz CT molecular complexity index is 1490. The molecule has 12 heteroatoms. The molecule has 3 aromatic heterocycles. The molecular formula is C24H27N9O3. The largest absolute Gasteiger partial charge is 0.353 e. The van der Waals surface area contributed by atoms with Crippen molar-refractivity contribution in [3.05, 3.63) is 76.5 Å². The summed E-state index contributed by atoms with van der Waals surface area (Å²) in [5, 5.41) is 10.3. The number of nitrogens with zero attached hydrogens (tertiary/aromatic N) is 6. The summed E-state index contributed by atoms with van der Waals surface area (Å²) < 4.78 is 4.82. The van der Waals surface area contributed by atoms with Crippen LogP contribution in [0.1, 0.15) is 16.1 Å². The highest BCUT2D eigenvalue weighted by Gasteiger charge is 2.36. The first-order valence-corrected chi connectivity index (χ1v) is 11.6. The molecule has 4 aromatic rings. The SMILES string of the molecule is Cc1c(C(=O)N[C@@H]2CN(c3ccc4nccn4n3)C[C@H]2CNC(N)=O)c(=O)n(-c2ccccc2)n1C. The third-order valence-corrected chi connectivity index (χ3v) is 6.64. The monoisotopic (exact) mass is 489 g/mol. The summed E-state index contributed by atoms with van der Waals surface area (Å²) in [6, 6.07) is 11.9. The van der Waals surface area contributed by atoms with E-state index in [1.54, 1.807) is 35.6 Å². The van der Waals surface area contributed by atoms with E-state index in [1.165, 1.54) is 4.68 Å². The van der Waals surface area contributed by atoms with Crippen molar-refractivity contribution in [2.24, 2.45) is 18.7 Å². The molecule has 0 bridgehead atoms. The number of fused-ring (bicyclic) bond motifs is 1. The number of anilines is 1. The van der Waals surface area contributed by atoms with Crippen LogP contribution < -0.4 is 26.8 Å². The van der Waals surface area contributed by atoms with E-state index in [0.29, 0.717) is 30.3 Å². The molecule has 1 aliphatic rings. The van der Waals surface area contributed by atoms with Crippen LogP contribution in [0.25, 0.3) is 11.3 Å². The van der Waals surface area contributed by atoms with Crippen LogP contribution in [0.2, 0.25) is 0 Å². The summed E-state index contributed by atoms with van der Waals surface area (Å²) in [5.41, 5.74) is 6.93. The highest BCUT2D eigenvalue weighted by Crippen LogP contribution is 2.23. The summed E-state index contributed by atoms with van der Waals surface area (Å²) in [7, 11) is 1.75. The Balaban J connectivity index is 1.41. The Kier molecular flexibility index (Phi) is 5.92. The zero-order valence-electron chi connectivity index (χ0n) is 20.0. The molecule has 1 aliphatic heterocycles. The molecule has 0 aliphatic carbocycles. The number of carbonyl (C=O) groups excluding carboxylic acids is 2. The van der Waals surface area contributed by atoms with Crippen LogP contribution in [-0.4, -0.2) is 61.6 Å². The number of rotatable bonds is 6. The quantitative estimate of drug-likeness (QED) is 0.358. The number of hydrogen-bond donors (Lipinski definition) is 3. The molecule has 2 atom stereocenters. The Morgan fingerprint density at radius 1 is 1.14 bits per heavy atom. The van der Waals surface area contributed by atoms with Gasteiger partial charge in [0.2, 0.25) is 0 Å². The van der Waals surface area contributed by atoms with E-state index in [9.17, 15) is 14.4 Å². The number of aromatic nitrogens is 5. The minimum absolute atomic E-state index is 0.0828. The van der Waals surface area contributed by atoms with Gasteiger partial charge in [-0.1, -0.05) is 18.2 Å². The van der Waals surface area contributed by atoms with Crippen molar-refractivity contribution in [1.29, 1.82) is 0 Å². The lowest BCUT2D eigenvalue weighted by Crippen LogP contribution is -2.46. The Hall–Kier alpha value is -4.61. The zero-order valence-corrected chi connectivity index (χ0v) is 20.0. The van der Waals surface area contributed by atoms with E-state index >= 15 is 0 Å². The number of hydrogen-bond acceptors (Lipinski definition) is 6. The van der Waals surface area contributed by atoms with Gasteiger partial charge in [0.15, 0.2) is 5.65 Å². The lowest BCUT2D eigenvalue weighted by atomic mass is 10.0. The highest BCUT2D eigenvalue weighted by molar-refractivity contribution is 5.95. The first kappa shape index (κ1) is 23.1. The number of primary amides is 1. The number of amides is 3. The highest BCUT2D eigenvalue weighted by atomic mass is 16.2. The van der Waals surface area contributed by atoms with Crippen LogP contribution in [0.15, 0.2) is 59.7 Å². The molecule has 4 N–H and O–H groups in total. The predicted molar refractivity (Wildman–Crippen MR) is 133 cm³/mol. The normalized spacial score (nSPS) is 17.4. The third-order valence-electron chi connectivity index (χ3n) is 6.64. The van der Waals surface area contributed by atoms with Crippen LogP contribution in [0.5, 0.6) is 0 Å². The van der Waals surface area contributed by atoms with E-state index in [1.807, 2.05) is 47.4 Å². The van der Waals surface area contributed by atoms with E-state index in [-0.39, 0.29) is 24.1 Å². The van der Waals surface area contributed by atoms with E-state index in [0.717, 1.165) is 5.65 Å². The average molecular weight is 490 g/mol. The van der Waals surface area contributed by atoms with Gasteiger partial charge in [-0.25, -0.2) is 19.0 Å². The first-order valence-electron chi connectivity index (χ1n) is 11.6. The number of imidazole rings is 1. The van der Waals surface area contributed by atoms with Gasteiger partial charge in [0.05, 0.1) is 17.4 Å². The molecule has 36 heavy (non-hydrogen) atoms. The van der Waals surface area contributed by atoms with Crippen molar-refractivity contribution in [2.75, 3.05) is 24.5 Å². The average Bonchev–Trinajstić information content (AvgIpc) is 3.54. The van der Waals surface area contributed by atoms with E-state index in [4.69, 9.17) is 5.73 Å². The minimum atomic E-state index is -0.638. The number of nitrogens with one attached hydrogen (secondary N) is 2. The maximum atomic E-state index is 13.4. The maximum absolute atomic E-state index is 13.4. The molecule has 3 amide bonds. The zero-order chi connectivity index (χ0) is 25.4. The van der Waals surface area contributed by atoms with Gasteiger partial charge in [-0.2, -0.15) is 0 Å². The van der Waals surface area contributed by atoms with Crippen LogP contribution in [0.3, 0.4) is 0 Å². The Morgan fingerprint density at radius 3 is 2.67 bits per heavy atom. The van der Waals surface area contributed by atoms with Crippen molar-refractivity contribution in [3.8, 4) is 5.69 Å². The second kappa shape index (κ2) is 9.21. The molecule has 4 heterocycles. The summed E-state index contributed by atoms with van der Waals surface area (Å²) in [6.45, 7) is 2.99. The molecule has 1 fully saturated rings. The molecular weight excluding hydrogens is 462 g/mol. The van der Waals surface area contributed by atoms with Gasteiger partial charge in [-0.05, 0) is 31.2 Å². The van der Waals surface area contributed by atoms with Crippen molar-refractivity contribution in [3.63, 3.8) is 0 Å². The molecule has 0 radical (unpaired) electrons. The van der Waals surface area contributed by atoms with Gasteiger partial charge in [0.1, 0.15) is 11.4 Å². The summed E-state index contributed by atoms with van der Waals surface area (Å²) in [4.78, 5) is 44.3.